The van der Waals surface area contributed by atoms with Crippen LogP contribution in [0.4, 0.5) is 11.5 Å². The molecule has 5 heterocycles. The minimum atomic E-state index is -0.933. The van der Waals surface area contributed by atoms with E-state index >= 15 is 0 Å². The third kappa shape index (κ3) is 15.6. The number of hydrogen-bond donors (Lipinski definition) is 4. The van der Waals surface area contributed by atoms with Gasteiger partial charge in [-0.2, -0.15) is 0 Å². The van der Waals surface area contributed by atoms with Crippen LogP contribution in [-0.2, 0) is 24.0 Å². The smallest absolute Gasteiger partial charge is 0.268 e. The van der Waals surface area contributed by atoms with Crippen molar-refractivity contribution in [3.8, 4) is 10.4 Å². The molecule has 0 unspecified atom stereocenters. The van der Waals surface area contributed by atoms with E-state index in [-0.39, 0.29) is 48.1 Å². The van der Waals surface area contributed by atoms with Crippen LogP contribution in [0.15, 0.2) is 81.3 Å². The Morgan fingerprint density at radius 3 is 2.28 bits per heavy atom. The van der Waals surface area contributed by atoms with Crippen LogP contribution in [0.1, 0.15) is 129 Å². The Morgan fingerprint density at radius 2 is 1.60 bits per heavy atom. The van der Waals surface area contributed by atoms with E-state index in [2.05, 4.69) is 47.3 Å². The maximum Gasteiger partial charge on any atom is 0.268 e. The van der Waals surface area contributed by atoms with Gasteiger partial charge in [-0.3, -0.25) is 28.9 Å². The summed E-state index contributed by atoms with van der Waals surface area (Å²) in [5.74, 6) is -0.911. The number of piperazine rings is 1. The molecule has 5 N–H and O–H groups in total. The van der Waals surface area contributed by atoms with Gasteiger partial charge in [-0.05, 0) is 101 Å². The number of aliphatic hydroxyl groups is 1. The van der Waals surface area contributed by atoms with Crippen LogP contribution in [0.2, 0.25) is 0 Å². The predicted octanol–water partition coefficient (Wildman–Crippen LogP) is 8.14. The largest absolute Gasteiger partial charge is 0.391 e. The van der Waals surface area contributed by atoms with Gasteiger partial charge in [0.25, 0.3) is 5.91 Å². The summed E-state index contributed by atoms with van der Waals surface area (Å²) in [5.41, 5.74) is 11.3. The third-order valence-electron chi connectivity index (χ3n) is 16.0. The van der Waals surface area contributed by atoms with Crippen LogP contribution in [0.3, 0.4) is 0 Å². The van der Waals surface area contributed by atoms with E-state index < -0.39 is 35.4 Å². The van der Waals surface area contributed by atoms with Crippen molar-refractivity contribution in [3.05, 3.63) is 77.7 Å². The number of anilines is 2. The second-order valence-electron chi connectivity index (χ2n) is 23.3. The molecule has 4 aromatic rings. The molecule has 4 aliphatic rings. The number of hydrogen-bond acceptors (Lipinski definition) is 14. The molecule has 19 heteroatoms. The highest BCUT2D eigenvalue weighted by molar-refractivity contribution is 7.99. The van der Waals surface area contributed by atoms with Gasteiger partial charge in [0.1, 0.15) is 22.9 Å². The first-order valence-electron chi connectivity index (χ1n) is 28.2. The standard InChI is InChI=1S/C59H81N11O6S2/c1-39(41-20-22-42(23-21-41)52-40(2)63-38-77-52)64-55(74)48-34-44(71)37-70(48)57(76)53(58(3,4)5)66-50(72)19-11-9-7-8-10-12-26-67-29-31-69(32-30-67)56(75)47-18-14-17-46(47)54(73)65-43-15-13-16-45(33-43)78-51-36-61-49(35-62-51)68-27-24-59(6,60)25-28-68/h13,15-16,20-23,33,35-36,38,44,46-48,53,71H,7-12,14,17-19,24-32,34,37,60H2,1-6H3,(H,65,73)(H,66,72)/t44-,46+,47+,48+,53-/m1/s1. The summed E-state index contributed by atoms with van der Waals surface area (Å²) < 4.78 is 0. The molecule has 0 bridgehead atoms. The van der Waals surface area contributed by atoms with Crippen molar-refractivity contribution in [3.63, 3.8) is 0 Å². The molecule has 3 saturated heterocycles. The fraction of sp³-hybridized carbons (Fsp3) is 0.576. The lowest BCUT2D eigenvalue weighted by Crippen LogP contribution is -2.56. The number of aliphatic hydroxyl groups excluding tert-OH is 1. The fourth-order valence-corrected chi connectivity index (χ4v) is 12.8. The van der Waals surface area contributed by atoms with Gasteiger partial charge in [-0.15, -0.1) is 11.3 Å². The number of thiazole rings is 1. The van der Waals surface area contributed by atoms with Crippen molar-refractivity contribution >= 4 is 69.9 Å². The van der Waals surface area contributed by atoms with Crippen molar-refractivity contribution < 1.29 is 29.1 Å². The summed E-state index contributed by atoms with van der Waals surface area (Å²) in [7, 11) is 0. The molecule has 2 aromatic carbocycles. The van der Waals surface area contributed by atoms with Crippen molar-refractivity contribution in [1.82, 2.24) is 35.0 Å². The number of aromatic nitrogens is 3. The number of benzene rings is 2. The molecule has 17 nitrogen and oxygen atoms in total. The Balaban J connectivity index is 0.702. The van der Waals surface area contributed by atoms with Gasteiger partial charge in [0.05, 0.1) is 34.6 Å². The van der Waals surface area contributed by atoms with Gasteiger partial charge in [0.15, 0.2) is 0 Å². The van der Waals surface area contributed by atoms with E-state index in [0.717, 1.165) is 128 Å². The predicted molar refractivity (Wildman–Crippen MR) is 308 cm³/mol. The fourth-order valence-electron chi connectivity index (χ4n) is 11.2. The maximum absolute atomic E-state index is 14.1. The highest BCUT2D eigenvalue weighted by Crippen LogP contribution is 2.36. The van der Waals surface area contributed by atoms with E-state index in [1.165, 1.54) is 16.7 Å². The van der Waals surface area contributed by atoms with Gasteiger partial charge in [-0.25, -0.2) is 19.9 Å². The van der Waals surface area contributed by atoms with Crippen LogP contribution < -0.4 is 21.3 Å². The molecule has 5 amide bonds. The maximum atomic E-state index is 14.1. The lowest BCUT2D eigenvalue weighted by Gasteiger charge is -2.37. The number of nitrogens with one attached hydrogen (secondary N) is 2. The molecule has 5 atom stereocenters. The van der Waals surface area contributed by atoms with Crippen LogP contribution in [0, 0.1) is 24.2 Å². The topological polar surface area (TPSA) is 220 Å². The number of carbonyl (C=O) groups is 5. The van der Waals surface area contributed by atoms with Crippen molar-refractivity contribution in [1.29, 1.82) is 0 Å². The van der Waals surface area contributed by atoms with E-state index in [1.807, 2.05) is 92.8 Å². The van der Waals surface area contributed by atoms with E-state index in [4.69, 9.17) is 5.73 Å². The van der Waals surface area contributed by atoms with E-state index in [1.54, 1.807) is 24.5 Å². The monoisotopic (exact) mass is 1100 g/mol. The first-order valence-corrected chi connectivity index (χ1v) is 29.9. The molecular formula is C59H81N11O6S2. The van der Waals surface area contributed by atoms with Crippen molar-refractivity contribution in [2.24, 2.45) is 28.0 Å². The third-order valence-corrected chi connectivity index (χ3v) is 17.9. The summed E-state index contributed by atoms with van der Waals surface area (Å²) in [6.45, 7) is 17.2. The van der Waals surface area contributed by atoms with Gasteiger partial charge in [0.2, 0.25) is 23.6 Å². The Labute approximate surface area is 469 Å². The molecule has 2 aromatic heterocycles. The van der Waals surface area contributed by atoms with Gasteiger partial charge >= 0.3 is 0 Å². The van der Waals surface area contributed by atoms with E-state index in [0.29, 0.717) is 43.8 Å². The SMILES string of the molecule is CC(=NC(=O)[C@@H]1C[C@@H](O)CN1C(=O)[C@@H](NC(=O)CCCCCCCCN1CCN(C(=O)[C@H]2CCC[C@@H]2C(=O)Nc2cccc(Sc3cnc(N4CCC(C)(N)CC4)cn3)c2)CC1)C(C)(C)C)c1ccc(-c2scnc2C)cc1. The Kier molecular flexibility index (Phi) is 19.9. The summed E-state index contributed by atoms with van der Waals surface area (Å²) in [6, 6.07) is 13.7. The zero-order chi connectivity index (χ0) is 55.6. The second kappa shape index (κ2) is 26.6. The van der Waals surface area contributed by atoms with Crippen LogP contribution in [-0.4, -0.2) is 146 Å². The molecule has 1 saturated carbocycles. The summed E-state index contributed by atoms with van der Waals surface area (Å²) >= 11 is 3.06. The Bertz CT molecular complexity index is 2730. The summed E-state index contributed by atoms with van der Waals surface area (Å²) in [5, 5.41) is 17.5. The average Bonchev–Trinajstić information content (AvgIpc) is 4.20. The quantitative estimate of drug-likeness (QED) is 0.0486. The molecule has 420 valence electrons. The first-order chi connectivity index (χ1) is 37.3. The zero-order valence-corrected chi connectivity index (χ0v) is 48.2. The number of rotatable bonds is 20. The lowest BCUT2D eigenvalue weighted by atomic mass is 9.85. The van der Waals surface area contributed by atoms with E-state index in [9.17, 15) is 29.1 Å². The zero-order valence-electron chi connectivity index (χ0n) is 46.5. The van der Waals surface area contributed by atoms with Crippen molar-refractivity contribution in [2.45, 2.75) is 159 Å². The number of amides is 5. The summed E-state index contributed by atoms with van der Waals surface area (Å²) in [4.78, 5) is 96.7. The average molecular weight is 1100 g/mol. The molecule has 3 aliphatic heterocycles. The minimum absolute atomic E-state index is 0.00456. The number of nitrogens with zero attached hydrogens (tertiary/aromatic N) is 8. The Hall–Kier alpha value is -5.60. The molecule has 78 heavy (non-hydrogen) atoms. The van der Waals surface area contributed by atoms with Gasteiger partial charge in [0, 0.05) is 92.3 Å². The van der Waals surface area contributed by atoms with Crippen LogP contribution in [0.5, 0.6) is 0 Å². The minimum Gasteiger partial charge on any atom is -0.391 e. The molecule has 1 aliphatic carbocycles. The number of β-amino-alcohol motifs (C(OH)–C–C–N with tert-alkyl or cyclic N) is 1. The lowest BCUT2D eigenvalue weighted by molar-refractivity contribution is -0.143. The van der Waals surface area contributed by atoms with Crippen molar-refractivity contribution in [2.75, 3.05) is 62.6 Å². The number of aliphatic imine (C=N–C) groups is 1. The van der Waals surface area contributed by atoms with Crippen LogP contribution in [0.25, 0.3) is 10.4 Å². The Morgan fingerprint density at radius 1 is 0.897 bits per heavy atom. The number of likely N-dealkylation sites (tertiary alicyclic amines) is 1. The highest BCUT2D eigenvalue weighted by Gasteiger charge is 2.45. The normalized spacial score (nSPS) is 21.4. The molecule has 0 spiro atoms. The number of piperidine rings is 1. The number of nitrogens with two attached hydrogens (primary N) is 1. The molecule has 0 radical (unpaired) electrons. The number of unbranched alkanes of at least 4 members (excludes halogenated alkanes) is 5. The van der Waals surface area contributed by atoms with Gasteiger partial charge < -0.3 is 36.2 Å². The number of carbonyl (C=O) groups excluding carboxylic acids is 5. The molecular weight excluding hydrogens is 1020 g/mol. The van der Waals surface area contributed by atoms with Crippen LogP contribution >= 0.6 is 23.1 Å². The number of aryl methyl sites for hydroxylation is 1. The first kappa shape index (κ1) is 58.5. The highest BCUT2D eigenvalue weighted by atomic mass is 32.2. The second-order valence-corrected chi connectivity index (χ2v) is 25.2. The molecule has 4 fully saturated rings. The van der Waals surface area contributed by atoms with Gasteiger partial charge in [-0.1, -0.05) is 95.0 Å². The molecule has 8 rings (SSSR count). The summed E-state index contributed by atoms with van der Waals surface area (Å²) in [6.07, 6.45) is 13.0.